The third kappa shape index (κ3) is 5.09. The summed E-state index contributed by atoms with van der Waals surface area (Å²) in [5, 5.41) is 4.62. The predicted octanol–water partition coefficient (Wildman–Crippen LogP) is 6.04. The Morgan fingerprint density at radius 2 is 1.95 bits per heavy atom. The van der Waals surface area contributed by atoms with Crippen LogP contribution < -0.4 is 4.31 Å². The number of piperazine rings is 1. The average molecular weight is 602 g/mol. The number of hydrogen-bond acceptors (Lipinski definition) is 8. The highest BCUT2D eigenvalue weighted by atomic mass is 35.5. The fraction of sp³-hybridized carbons (Fsp3) is 0.357. The van der Waals surface area contributed by atoms with Gasteiger partial charge in [-0.1, -0.05) is 37.2 Å². The normalized spacial score (nSPS) is 20.9. The molecule has 0 aliphatic carbocycles. The van der Waals surface area contributed by atoms with Gasteiger partial charge in [0.25, 0.3) is 0 Å². The first kappa shape index (κ1) is 29.1. The van der Waals surface area contributed by atoms with Gasteiger partial charge >= 0.3 is 0 Å². The summed E-state index contributed by atoms with van der Waals surface area (Å²) >= 11 is 6.76. The second kappa shape index (κ2) is 11.1. The summed E-state index contributed by atoms with van der Waals surface area (Å²) in [6.45, 7) is 12.5. The molecule has 0 spiro atoms. The number of aryl methyl sites for hydroxylation is 2. The number of anilines is 2. The third-order valence-corrected chi connectivity index (χ3v) is 8.85. The molecule has 10 nitrogen and oxygen atoms in total. The number of aromatic nitrogens is 3. The van der Waals surface area contributed by atoms with Crippen molar-refractivity contribution in [3.63, 3.8) is 0 Å². The maximum absolute atomic E-state index is 14.9. The van der Waals surface area contributed by atoms with E-state index >= 15 is 0 Å². The molecule has 2 N–H and O–H groups in total. The summed E-state index contributed by atoms with van der Waals surface area (Å²) < 4.78 is 45.8. The van der Waals surface area contributed by atoms with Crippen LogP contribution in [0, 0.1) is 12.7 Å². The largest absolute Gasteiger partial charge is 0.348 e. The van der Waals surface area contributed by atoms with Crippen LogP contribution >= 0.6 is 22.6 Å². The van der Waals surface area contributed by atoms with Crippen molar-refractivity contribution in [1.82, 2.24) is 24.6 Å². The van der Waals surface area contributed by atoms with Gasteiger partial charge in [0.05, 0.1) is 22.5 Å². The van der Waals surface area contributed by atoms with Gasteiger partial charge in [-0.05, 0) is 62.4 Å². The minimum Gasteiger partial charge on any atom is -0.348 e. The molecule has 2 aliphatic heterocycles. The molecule has 1 aromatic carbocycles. The van der Waals surface area contributed by atoms with Gasteiger partial charge in [-0.3, -0.25) is 13.9 Å². The van der Waals surface area contributed by atoms with Gasteiger partial charge in [-0.15, -0.1) is 4.40 Å². The second-order valence-electron chi connectivity index (χ2n) is 10.3. The van der Waals surface area contributed by atoms with Gasteiger partial charge in [0, 0.05) is 42.8 Å². The van der Waals surface area contributed by atoms with E-state index in [0.29, 0.717) is 36.6 Å². The molecule has 218 valence electrons. The fourth-order valence-corrected chi connectivity index (χ4v) is 6.96. The zero-order valence-electron chi connectivity index (χ0n) is 23.3. The van der Waals surface area contributed by atoms with E-state index in [9.17, 15) is 18.3 Å². The van der Waals surface area contributed by atoms with E-state index in [4.69, 9.17) is 16.6 Å². The summed E-state index contributed by atoms with van der Waals surface area (Å²) in [6, 6.07) is 7.34. The molecule has 2 aliphatic rings. The van der Waals surface area contributed by atoms with Crippen molar-refractivity contribution in [1.29, 1.82) is 0 Å². The predicted molar refractivity (Wildman–Crippen MR) is 161 cm³/mol. The first-order valence-corrected chi connectivity index (χ1v) is 15.2. The van der Waals surface area contributed by atoms with Gasteiger partial charge in [-0.25, -0.2) is 14.1 Å². The van der Waals surface area contributed by atoms with Gasteiger partial charge in [0.2, 0.25) is 5.91 Å². The Kier molecular flexibility index (Phi) is 7.86. The number of carbonyl (C=O) groups excluding carboxylic acids is 1. The molecule has 0 unspecified atom stereocenters. The molecular formula is C28H33ClFN7O3S. The standard InChI is InChI=1S/C28H33ClFN7O3S/c1-6-12-36-28(17(3)14-31-36)37-26-21(13-22(29)25(32-26)20-10-8-9-11-23(20)30)27(33-41(37,39)40)35-16-18(4)34(15-19(35)5)24(38)7-2/h7-11,13-14,18-19,39-40H,2,6,12,15-16H2,1,3-5H3/t18-,19+/m1/s1. The van der Waals surface area contributed by atoms with E-state index in [-0.39, 0.29) is 45.9 Å². The topological polar surface area (TPSA) is 110 Å². The van der Waals surface area contributed by atoms with E-state index in [1.165, 1.54) is 16.4 Å². The number of benzene rings is 1. The lowest BCUT2D eigenvalue weighted by atomic mass is 10.0. The van der Waals surface area contributed by atoms with Gasteiger partial charge in [0.15, 0.2) is 17.5 Å². The van der Waals surface area contributed by atoms with Crippen LogP contribution in [-0.2, 0) is 11.3 Å². The van der Waals surface area contributed by atoms with Crippen molar-refractivity contribution >= 4 is 45.9 Å². The van der Waals surface area contributed by atoms with Crippen LogP contribution in [0.1, 0.15) is 38.3 Å². The van der Waals surface area contributed by atoms with Crippen molar-refractivity contribution in [2.24, 2.45) is 4.40 Å². The third-order valence-electron chi connectivity index (χ3n) is 7.30. The first-order valence-electron chi connectivity index (χ1n) is 13.3. The molecule has 3 aromatic rings. The zero-order valence-corrected chi connectivity index (χ0v) is 24.9. The smallest absolute Gasteiger partial charge is 0.246 e. The average Bonchev–Trinajstić information content (AvgIpc) is 3.28. The van der Waals surface area contributed by atoms with Crippen molar-refractivity contribution in [2.45, 2.75) is 52.7 Å². The van der Waals surface area contributed by atoms with E-state index in [2.05, 4.69) is 16.1 Å². The number of fused-ring (bicyclic) bond motifs is 1. The van der Waals surface area contributed by atoms with Crippen molar-refractivity contribution in [2.75, 3.05) is 17.4 Å². The Labute approximate surface area is 245 Å². The van der Waals surface area contributed by atoms with Crippen LogP contribution in [-0.4, -0.2) is 70.6 Å². The number of halogens is 2. The Morgan fingerprint density at radius 1 is 1.22 bits per heavy atom. The highest BCUT2D eigenvalue weighted by molar-refractivity contribution is 8.24. The minimum absolute atomic E-state index is 0.159. The van der Waals surface area contributed by atoms with Crippen LogP contribution in [0.5, 0.6) is 0 Å². The van der Waals surface area contributed by atoms with Crippen LogP contribution in [0.3, 0.4) is 0 Å². The quantitative estimate of drug-likeness (QED) is 0.343. The number of pyridine rings is 1. The Morgan fingerprint density at radius 3 is 2.63 bits per heavy atom. The molecule has 0 saturated carbocycles. The summed E-state index contributed by atoms with van der Waals surface area (Å²) in [6.07, 6.45) is 3.68. The summed E-state index contributed by atoms with van der Waals surface area (Å²) in [5.74, 6) is 0.192. The number of rotatable bonds is 5. The fourth-order valence-electron chi connectivity index (χ4n) is 5.34. The number of amidine groups is 1. The zero-order chi connectivity index (χ0) is 29.6. The van der Waals surface area contributed by atoms with E-state index in [0.717, 1.165) is 6.42 Å². The second-order valence-corrected chi connectivity index (χ2v) is 12.2. The van der Waals surface area contributed by atoms with E-state index in [1.54, 1.807) is 40.0 Å². The molecule has 2 atom stereocenters. The van der Waals surface area contributed by atoms with Crippen LogP contribution in [0.4, 0.5) is 16.0 Å². The van der Waals surface area contributed by atoms with Gasteiger partial charge < -0.3 is 9.80 Å². The maximum atomic E-state index is 14.9. The molecule has 4 heterocycles. The Balaban J connectivity index is 1.72. The molecule has 1 amide bonds. The SMILES string of the molecule is C=CC(=O)N1C[C@H](C)N(C2=NS(O)(O)N(c3c(C)cnn3CCC)c3nc(-c4ccccc4F)c(Cl)cc32)C[C@H]1C. The van der Waals surface area contributed by atoms with Crippen LogP contribution in [0.15, 0.2) is 53.6 Å². The lowest BCUT2D eigenvalue weighted by Gasteiger charge is -2.49. The summed E-state index contributed by atoms with van der Waals surface area (Å²) in [4.78, 5) is 20.9. The molecule has 1 fully saturated rings. The molecule has 1 saturated heterocycles. The molecular weight excluding hydrogens is 569 g/mol. The highest BCUT2D eigenvalue weighted by Gasteiger charge is 2.43. The Hall–Kier alpha value is -3.45. The van der Waals surface area contributed by atoms with Gasteiger partial charge in [0.1, 0.15) is 5.82 Å². The van der Waals surface area contributed by atoms with E-state index < -0.39 is 16.8 Å². The molecule has 5 rings (SSSR count). The summed E-state index contributed by atoms with van der Waals surface area (Å²) in [5.41, 5.74) is 1.48. The number of hydrogen-bond donors (Lipinski definition) is 2. The molecule has 0 bridgehead atoms. The van der Waals surface area contributed by atoms with Crippen molar-refractivity contribution in [3.05, 3.63) is 71.2 Å². The lowest BCUT2D eigenvalue weighted by Crippen LogP contribution is -2.59. The number of amides is 1. The molecule has 0 radical (unpaired) electrons. The summed E-state index contributed by atoms with van der Waals surface area (Å²) in [7, 11) is -3.90. The number of nitrogens with zero attached hydrogens (tertiary/aromatic N) is 7. The minimum atomic E-state index is -3.90. The van der Waals surface area contributed by atoms with Crippen LogP contribution in [0.2, 0.25) is 5.02 Å². The molecule has 2 aromatic heterocycles. The molecule has 41 heavy (non-hydrogen) atoms. The number of carbonyl (C=O) groups is 1. The monoisotopic (exact) mass is 601 g/mol. The Bertz CT molecular complexity index is 1540. The maximum Gasteiger partial charge on any atom is 0.246 e. The van der Waals surface area contributed by atoms with Crippen LogP contribution in [0.25, 0.3) is 11.3 Å². The first-order chi connectivity index (χ1) is 19.5. The lowest BCUT2D eigenvalue weighted by molar-refractivity contribution is -0.130. The molecule has 13 heteroatoms. The van der Waals surface area contributed by atoms with Gasteiger partial charge in [-0.2, -0.15) is 9.40 Å². The van der Waals surface area contributed by atoms with E-state index in [1.807, 2.05) is 32.6 Å². The van der Waals surface area contributed by atoms with Crippen molar-refractivity contribution in [3.8, 4) is 11.3 Å². The van der Waals surface area contributed by atoms with Crippen molar-refractivity contribution < 1.29 is 18.3 Å². The highest BCUT2D eigenvalue weighted by Crippen LogP contribution is 2.57.